The number of carbonyl (C=O) groups is 2. The fourth-order valence-electron chi connectivity index (χ4n) is 2.87. The van der Waals surface area contributed by atoms with Crippen molar-refractivity contribution in [3.63, 3.8) is 0 Å². The Balaban J connectivity index is 1.89. The molecule has 0 aliphatic heterocycles. The molecule has 0 spiro atoms. The summed E-state index contributed by atoms with van der Waals surface area (Å²) < 4.78 is 1.70. The Bertz CT molecular complexity index is 450. The first-order chi connectivity index (χ1) is 9.60. The van der Waals surface area contributed by atoms with E-state index in [1.807, 2.05) is 6.07 Å². The third-order valence-electron chi connectivity index (χ3n) is 3.83. The smallest absolute Gasteiger partial charge is 0.305 e. The largest absolute Gasteiger partial charge is 0.481 e. The van der Waals surface area contributed by atoms with Gasteiger partial charge in [-0.15, -0.1) is 0 Å². The molecule has 1 aromatic heterocycles. The highest BCUT2D eigenvalue weighted by molar-refractivity contribution is 5.78. The van der Waals surface area contributed by atoms with E-state index in [1.165, 1.54) is 0 Å². The molecule has 0 saturated heterocycles. The molecule has 0 atom stereocenters. The second-order valence-corrected chi connectivity index (χ2v) is 5.48. The Hall–Kier alpha value is -1.85. The van der Waals surface area contributed by atoms with Crippen molar-refractivity contribution < 1.29 is 14.7 Å². The van der Waals surface area contributed by atoms with Gasteiger partial charge in [0.2, 0.25) is 5.91 Å². The van der Waals surface area contributed by atoms with Gasteiger partial charge in [0, 0.05) is 25.4 Å². The quantitative estimate of drug-likeness (QED) is 0.827. The molecule has 1 aliphatic carbocycles. The van der Waals surface area contributed by atoms with Gasteiger partial charge in [0.25, 0.3) is 0 Å². The van der Waals surface area contributed by atoms with E-state index in [2.05, 4.69) is 10.4 Å². The van der Waals surface area contributed by atoms with E-state index in [0.717, 1.165) is 32.1 Å². The van der Waals surface area contributed by atoms with Gasteiger partial charge in [-0.1, -0.05) is 19.3 Å². The first-order valence-electron chi connectivity index (χ1n) is 7.10. The number of hydrogen-bond donors (Lipinski definition) is 2. The summed E-state index contributed by atoms with van der Waals surface area (Å²) in [5.74, 6) is -0.942. The number of hydrogen-bond acceptors (Lipinski definition) is 3. The summed E-state index contributed by atoms with van der Waals surface area (Å²) in [4.78, 5) is 23.1. The van der Waals surface area contributed by atoms with Crippen LogP contribution in [0.15, 0.2) is 18.5 Å². The van der Waals surface area contributed by atoms with Gasteiger partial charge in [-0.2, -0.15) is 5.10 Å². The van der Waals surface area contributed by atoms with Crippen molar-refractivity contribution in [1.29, 1.82) is 0 Å². The number of nitrogens with one attached hydrogen (secondary N) is 1. The number of rotatable bonds is 6. The number of nitrogens with zero attached hydrogens (tertiary/aromatic N) is 2. The van der Waals surface area contributed by atoms with Crippen LogP contribution in [0.2, 0.25) is 0 Å². The number of carboxylic acid groups (broad SMARTS) is 1. The SMILES string of the molecule is O=C(O)CC1(NC(=O)CCn2cccn2)CCCCC1. The van der Waals surface area contributed by atoms with Crippen LogP contribution in [0, 0.1) is 0 Å². The fourth-order valence-corrected chi connectivity index (χ4v) is 2.87. The zero-order valence-electron chi connectivity index (χ0n) is 11.5. The van der Waals surface area contributed by atoms with Crippen molar-refractivity contribution in [2.45, 2.75) is 57.0 Å². The number of aryl methyl sites for hydroxylation is 1. The standard InChI is InChI=1S/C14H21N3O3/c18-12(5-10-17-9-4-8-15-17)16-14(11-13(19)20)6-2-1-3-7-14/h4,8-9H,1-3,5-7,10-11H2,(H,16,18)(H,19,20). The normalized spacial score (nSPS) is 17.6. The first-order valence-corrected chi connectivity index (χ1v) is 7.10. The predicted octanol–water partition coefficient (Wildman–Crippen LogP) is 1.57. The van der Waals surface area contributed by atoms with Gasteiger partial charge in [-0.05, 0) is 18.9 Å². The molecule has 0 radical (unpaired) electrons. The van der Waals surface area contributed by atoms with Crippen molar-refractivity contribution in [3.8, 4) is 0 Å². The van der Waals surface area contributed by atoms with Crippen LogP contribution in [0.1, 0.15) is 44.9 Å². The van der Waals surface area contributed by atoms with Gasteiger partial charge in [0.05, 0.1) is 12.0 Å². The third-order valence-corrected chi connectivity index (χ3v) is 3.83. The number of carboxylic acids is 1. The lowest BCUT2D eigenvalue weighted by Crippen LogP contribution is -2.51. The molecule has 1 aliphatic rings. The zero-order valence-corrected chi connectivity index (χ0v) is 11.5. The van der Waals surface area contributed by atoms with E-state index in [9.17, 15) is 9.59 Å². The van der Waals surface area contributed by atoms with Crippen molar-refractivity contribution >= 4 is 11.9 Å². The predicted molar refractivity (Wildman–Crippen MR) is 73.1 cm³/mol. The Morgan fingerprint density at radius 2 is 2.05 bits per heavy atom. The van der Waals surface area contributed by atoms with Crippen molar-refractivity contribution in [2.75, 3.05) is 0 Å². The molecule has 1 amide bonds. The number of aliphatic carboxylic acids is 1. The Labute approximate surface area is 118 Å². The maximum absolute atomic E-state index is 12.0. The van der Waals surface area contributed by atoms with E-state index in [4.69, 9.17) is 5.11 Å². The van der Waals surface area contributed by atoms with Crippen molar-refractivity contribution in [3.05, 3.63) is 18.5 Å². The van der Waals surface area contributed by atoms with Crippen LogP contribution in [-0.2, 0) is 16.1 Å². The molecule has 2 rings (SSSR count). The molecule has 1 heterocycles. The van der Waals surface area contributed by atoms with Crippen LogP contribution in [0.4, 0.5) is 0 Å². The Morgan fingerprint density at radius 3 is 2.65 bits per heavy atom. The molecule has 110 valence electrons. The lowest BCUT2D eigenvalue weighted by Gasteiger charge is -2.37. The van der Waals surface area contributed by atoms with Gasteiger partial charge in [-0.25, -0.2) is 0 Å². The van der Waals surface area contributed by atoms with Crippen LogP contribution in [-0.4, -0.2) is 32.3 Å². The second kappa shape index (κ2) is 6.54. The molecule has 2 N–H and O–H groups in total. The van der Waals surface area contributed by atoms with Crippen LogP contribution in [0.5, 0.6) is 0 Å². The molecular formula is C14H21N3O3. The van der Waals surface area contributed by atoms with Crippen molar-refractivity contribution in [2.24, 2.45) is 0 Å². The monoisotopic (exact) mass is 279 g/mol. The lowest BCUT2D eigenvalue weighted by molar-refractivity contribution is -0.139. The molecule has 0 aromatic carbocycles. The van der Waals surface area contributed by atoms with Crippen LogP contribution in [0.25, 0.3) is 0 Å². The zero-order chi connectivity index (χ0) is 14.4. The summed E-state index contributed by atoms with van der Waals surface area (Å²) in [5.41, 5.74) is -0.550. The van der Waals surface area contributed by atoms with Gasteiger partial charge in [-0.3, -0.25) is 14.3 Å². The van der Waals surface area contributed by atoms with Crippen LogP contribution >= 0.6 is 0 Å². The third kappa shape index (κ3) is 4.08. The molecule has 6 nitrogen and oxygen atoms in total. The Kier molecular flexibility index (Phi) is 4.76. The van der Waals surface area contributed by atoms with E-state index >= 15 is 0 Å². The second-order valence-electron chi connectivity index (χ2n) is 5.48. The average molecular weight is 279 g/mol. The van der Waals surface area contributed by atoms with Gasteiger partial charge >= 0.3 is 5.97 Å². The molecule has 6 heteroatoms. The molecule has 20 heavy (non-hydrogen) atoms. The number of carbonyl (C=O) groups excluding carboxylic acids is 1. The number of amides is 1. The van der Waals surface area contributed by atoms with Gasteiger partial charge in [0.1, 0.15) is 0 Å². The lowest BCUT2D eigenvalue weighted by atomic mass is 9.79. The maximum Gasteiger partial charge on any atom is 0.305 e. The average Bonchev–Trinajstić information content (AvgIpc) is 2.89. The molecule has 0 bridgehead atoms. The van der Waals surface area contributed by atoms with Gasteiger partial charge in [0.15, 0.2) is 0 Å². The highest BCUT2D eigenvalue weighted by atomic mass is 16.4. The fraction of sp³-hybridized carbons (Fsp3) is 0.643. The maximum atomic E-state index is 12.0. The summed E-state index contributed by atoms with van der Waals surface area (Å²) >= 11 is 0. The molecular weight excluding hydrogens is 258 g/mol. The first kappa shape index (κ1) is 14.6. The molecule has 0 unspecified atom stereocenters. The van der Waals surface area contributed by atoms with Crippen molar-refractivity contribution in [1.82, 2.24) is 15.1 Å². The van der Waals surface area contributed by atoms with E-state index in [0.29, 0.717) is 13.0 Å². The van der Waals surface area contributed by atoms with Gasteiger partial charge < -0.3 is 10.4 Å². The highest BCUT2D eigenvalue weighted by Gasteiger charge is 2.35. The minimum absolute atomic E-state index is 0.0144. The summed E-state index contributed by atoms with van der Waals surface area (Å²) in [5, 5.41) is 16.1. The highest BCUT2D eigenvalue weighted by Crippen LogP contribution is 2.31. The van der Waals surface area contributed by atoms with Crippen LogP contribution < -0.4 is 5.32 Å². The van der Waals surface area contributed by atoms with Crippen LogP contribution in [0.3, 0.4) is 0 Å². The summed E-state index contributed by atoms with van der Waals surface area (Å²) in [6.45, 7) is 0.516. The molecule has 1 saturated carbocycles. The number of aromatic nitrogens is 2. The minimum atomic E-state index is -0.848. The Morgan fingerprint density at radius 1 is 1.30 bits per heavy atom. The summed E-state index contributed by atoms with van der Waals surface area (Å²) in [7, 11) is 0. The van der Waals surface area contributed by atoms with E-state index in [1.54, 1.807) is 17.1 Å². The molecule has 1 aromatic rings. The van der Waals surface area contributed by atoms with E-state index in [-0.39, 0.29) is 12.3 Å². The summed E-state index contributed by atoms with van der Waals surface area (Å²) in [6, 6.07) is 1.81. The van der Waals surface area contributed by atoms with E-state index < -0.39 is 11.5 Å². The summed E-state index contributed by atoms with van der Waals surface area (Å²) in [6.07, 6.45) is 8.40. The molecule has 1 fully saturated rings. The minimum Gasteiger partial charge on any atom is -0.481 e. The topological polar surface area (TPSA) is 84.2 Å².